The maximum atomic E-state index is 12.2. The summed E-state index contributed by atoms with van der Waals surface area (Å²) in [4.78, 5) is 37.5. The summed E-state index contributed by atoms with van der Waals surface area (Å²) in [7, 11) is 0. The number of hydrogen-bond acceptors (Lipinski definition) is 8. The monoisotopic (exact) mass is 433 g/mol. The van der Waals surface area contributed by atoms with Crippen LogP contribution in [-0.4, -0.2) is 38.9 Å². The van der Waals surface area contributed by atoms with Gasteiger partial charge in [-0.05, 0) is 42.9 Å². The van der Waals surface area contributed by atoms with E-state index in [0.29, 0.717) is 24.6 Å². The molecule has 0 bridgehead atoms. The van der Waals surface area contributed by atoms with Gasteiger partial charge in [-0.2, -0.15) is 0 Å². The van der Waals surface area contributed by atoms with Crippen molar-refractivity contribution in [1.82, 2.24) is 20.4 Å². The van der Waals surface area contributed by atoms with Crippen molar-refractivity contribution in [2.24, 2.45) is 5.92 Å². The third-order valence-electron chi connectivity index (χ3n) is 5.50. The van der Waals surface area contributed by atoms with Crippen LogP contribution in [0.5, 0.6) is 0 Å². The number of hydrogen-bond donors (Lipinski definition) is 2. The van der Waals surface area contributed by atoms with E-state index in [1.807, 2.05) is 23.1 Å². The standard InChI is InChI=1S/C22H23N7O3/c30-22(18-6-10-23-11-7-18)27-26-20-19(29(31)32)21(25-15-24-20)28-12-8-17(9-13-28)14-16-4-2-1-3-5-16/h1-7,10-11,15,17H,8-9,12-14H2,(H,27,30)(H,24,25,26). The van der Waals surface area contributed by atoms with E-state index in [0.717, 1.165) is 19.3 Å². The lowest BCUT2D eigenvalue weighted by atomic mass is 9.90. The summed E-state index contributed by atoms with van der Waals surface area (Å²) < 4.78 is 0. The molecule has 3 heterocycles. The summed E-state index contributed by atoms with van der Waals surface area (Å²) in [6.45, 7) is 1.33. The minimum Gasteiger partial charge on any atom is -0.351 e. The molecule has 1 aliphatic heterocycles. The third-order valence-corrected chi connectivity index (χ3v) is 5.50. The molecule has 1 fully saturated rings. The number of nitro groups is 1. The van der Waals surface area contributed by atoms with Gasteiger partial charge in [-0.25, -0.2) is 9.97 Å². The van der Waals surface area contributed by atoms with Gasteiger partial charge in [-0.1, -0.05) is 30.3 Å². The van der Waals surface area contributed by atoms with Gasteiger partial charge in [0.25, 0.3) is 5.91 Å². The first kappa shape index (κ1) is 21.2. The minimum absolute atomic E-state index is 0.0613. The number of amides is 1. The molecule has 4 rings (SSSR count). The molecule has 10 heteroatoms. The second-order valence-corrected chi connectivity index (χ2v) is 7.59. The first-order valence-electron chi connectivity index (χ1n) is 10.4. The van der Waals surface area contributed by atoms with Crippen LogP contribution in [0.3, 0.4) is 0 Å². The molecule has 3 aromatic rings. The van der Waals surface area contributed by atoms with Crippen LogP contribution in [0.1, 0.15) is 28.8 Å². The Morgan fingerprint density at radius 3 is 2.50 bits per heavy atom. The highest BCUT2D eigenvalue weighted by molar-refractivity contribution is 5.94. The Hall–Kier alpha value is -4.08. The average Bonchev–Trinajstić information content (AvgIpc) is 2.84. The fourth-order valence-electron chi connectivity index (χ4n) is 3.85. The Labute approximate surface area is 184 Å². The van der Waals surface area contributed by atoms with Crippen LogP contribution in [0.15, 0.2) is 61.2 Å². The van der Waals surface area contributed by atoms with Crippen LogP contribution in [0.2, 0.25) is 0 Å². The van der Waals surface area contributed by atoms with E-state index in [-0.39, 0.29) is 17.3 Å². The Balaban J connectivity index is 1.44. The van der Waals surface area contributed by atoms with Crippen LogP contribution in [0, 0.1) is 16.0 Å². The van der Waals surface area contributed by atoms with Gasteiger partial charge in [-0.3, -0.25) is 30.7 Å². The zero-order valence-electron chi connectivity index (χ0n) is 17.3. The number of nitrogens with zero attached hydrogens (tertiary/aromatic N) is 5. The molecular weight excluding hydrogens is 410 g/mol. The molecule has 0 saturated carbocycles. The van der Waals surface area contributed by atoms with Crippen molar-refractivity contribution >= 4 is 23.2 Å². The van der Waals surface area contributed by atoms with E-state index >= 15 is 0 Å². The molecule has 0 aliphatic carbocycles. The predicted molar refractivity (Wildman–Crippen MR) is 119 cm³/mol. The maximum Gasteiger partial charge on any atom is 0.355 e. The van der Waals surface area contributed by atoms with Gasteiger partial charge in [0.1, 0.15) is 6.33 Å². The average molecular weight is 433 g/mol. The molecule has 10 nitrogen and oxygen atoms in total. The van der Waals surface area contributed by atoms with Crippen molar-refractivity contribution in [3.63, 3.8) is 0 Å². The third kappa shape index (κ3) is 4.97. The molecule has 2 aromatic heterocycles. The molecule has 1 amide bonds. The number of anilines is 2. The quantitative estimate of drug-likeness (QED) is 0.430. The summed E-state index contributed by atoms with van der Waals surface area (Å²) in [6, 6.07) is 13.4. The Morgan fingerprint density at radius 2 is 1.81 bits per heavy atom. The first-order valence-corrected chi connectivity index (χ1v) is 10.4. The van der Waals surface area contributed by atoms with E-state index < -0.39 is 10.8 Å². The molecule has 164 valence electrons. The number of carbonyl (C=O) groups is 1. The zero-order chi connectivity index (χ0) is 22.3. The van der Waals surface area contributed by atoms with Gasteiger partial charge in [0, 0.05) is 31.0 Å². The van der Waals surface area contributed by atoms with Crippen LogP contribution in [0.4, 0.5) is 17.3 Å². The van der Waals surface area contributed by atoms with E-state index in [4.69, 9.17) is 0 Å². The fraction of sp³-hybridized carbons (Fsp3) is 0.273. The Kier molecular flexibility index (Phi) is 6.49. The van der Waals surface area contributed by atoms with Crippen LogP contribution >= 0.6 is 0 Å². The van der Waals surface area contributed by atoms with Gasteiger partial charge in [0.05, 0.1) is 4.92 Å². The van der Waals surface area contributed by atoms with Gasteiger partial charge < -0.3 is 4.90 Å². The van der Waals surface area contributed by atoms with Crippen LogP contribution < -0.4 is 15.8 Å². The number of pyridine rings is 1. The Bertz CT molecular complexity index is 1070. The smallest absolute Gasteiger partial charge is 0.351 e. The molecule has 1 saturated heterocycles. The SMILES string of the molecule is O=C(NNc1ncnc(N2CCC(Cc3ccccc3)CC2)c1[N+](=O)[O-])c1ccncc1. The summed E-state index contributed by atoms with van der Waals surface area (Å²) >= 11 is 0. The molecule has 1 aromatic carbocycles. The lowest BCUT2D eigenvalue weighted by Crippen LogP contribution is -2.36. The first-order chi connectivity index (χ1) is 15.6. The minimum atomic E-state index is -0.522. The largest absolute Gasteiger partial charge is 0.355 e. The van der Waals surface area contributed by atoms with Gasteiger partial charge in [0.2, 0.25) is 11.6 Å². The van der Waals surface area contributed by atoms with Crippen molar-refractivity contribution in [3.8, 4) is 0 Å². The number of piperidine rings is 1. The van der Waals surface area contributed by atoms with Crippen molar-refractivity contribution in [1.29, 1.82) is 0 Å². The summed E-state index contributed by atoms with van der Waals surface area (Å²) in [6.07, 6.45) is 7.06. The van der Waals surface area contributed by atoms with Crippen molar-refractivity contribution in [2.45, 2.75) is 19.3 Å². The van der Waals surface area contributed by atoms with E-state index in [1.54, 1.807) is 0 Å². The number of nitrogens with one attached hydrogen (secondary N) is 2. The molecular formula is C22H23N7O3. The van der Waals surface area contributed by atoms with Gasteiger partial charge in [0.15, 0.2) is 0 Å². The van der Waals surface area contributed by atoms with Crippen LogP contribution in [0.25, 0.3) is 0 Å². The van der Waals surface area contributed by atoms with E-state index in [1.165, 1.54) is 36.4 Å². The van der Waals surface area contributed by atoms with Gasteiger partial charge in [-0.15, -0.1) is 0 Å². The fourth-order valence-corrected chi connectivity index (χ4v) is 3.85. The molecule has 2 N–H and O–H groups in total. The summed E-state index contributed by atoms with van der Waals surface area (Å²) in [5, 5.41) is 11.8. The van der Waals surface area contributed by atoms with Gasteiger partial charge >= 0.3 is 5.69 Å². The lowest BCUT2D eigenvalue weighted by molar-refractivity contribution is -0.383. The topological polar surface area (TPSA) is 126 Å². The Morgan fingerprint density at radius 1 is 1.09 bits per heavy atom. The highest BCUT2D eigenvalue weighted by Gasteiger charge is 2.30. The molecule has 32 heavy (non-hydrogen) atoms. The molecule has 0 atom stereocenters. The lowest BCUT2D eigenvalue weighted by Gasteiger charge is -2.32. The normalized spacial score (nSPS) is 14.1. The number of carbonyl (C=O) groups excluding carboxylic acids is 1. The summed E-state index contributed by atoms with van der Waals surface area (Å²) in [5.41, 5.74) is 6.43. The zero-order valence-corrected chi connectivity index (χ0v) is 17.3. The second-order valence-electron chi connectivity index (χ2n) is 7.59. The highest BCUT2D eigenvalue weighted by Crippen LogP contribution is 2.34. The molecule has 0 unspecified atom stereocenters. The van der Waals surface area contributed by atoms with Crippen molar-refractivity contribution in [3.05, 3.63) is 82.4 Å². The van der Waals surface area contributed by atoms with Crippen LogP contribution in [-0.2, 0) is 6.42 Å². The van der Waals surface area contributed by atoms with Crippen molar-refractivity contribution < 1.29 is 9.72 Å². The number of rotatable bonds is 7. The predicted octanol–water partition coefficient (Wildman–Crippen LogP) is 3.00. The second kappa shape index (κ2) is 9.82. The molecule has 0 radical (unpaired) electrons. The summed E-state index contributed by atoms with van der Waals surface area (Å²) in [5.74, 6) is 0.257. The molecule has 1 aliphatic rings. The number of benzene rings is 1. The number of aromatic nitrogens is 3. The van der Waals surface area contributed by atoms with E-state index in [9.17, 15) is 14.9 Å². The van der Waals surface area contributed by atoms with Crippen molar-refractivity contribution in [2.75, 3.05) is 23.4 Å². The highest BCUT2D eigenvalue weighted by atomic mass is 16.6. The molecule has 0 spiro atoms. The number of hydrazine groups is 1. The van der Waals surface area contributed by atoms with E-state index in [2.05, 4.69) is 37.9 Å². The maximum absolute atomic E-state index is 12.2.